The molecule has 0 spiro atoms. The minimum absolute atomic E-state index is 0.0131. The lowest BCUT2D eigenvalue weighted by molar-refractivity contribution is 0.385. The number of rotatable bonds is 7. The first-order chi connectivity index (χ1) is 9.79. The number of nitrogens with two attached hydrogens (primary N) is 1. The van der Waals surface area contributed by atoms with Gasteiger partial charge in [0.1, 0.15) is 4.90 Å². The Labute approximate surface area is 141 Å². The lowest BCUT2D eigenvalue weighted by atomic mass is 10.2. The number of hydrogen-bond acceptors (Lipinski definition) is 4. The highest BCUT2D eigenvalue weighted by atomic mass is 35.5. The third-order valence-corrected chi connectivity index (χ3v) is 6.73. The van der Waals surface area contributed by atoms with E-state index in [0.29, 0.717) is 16.3 Å². The fourth-order valence-corrected chi connectivity index (χ4v) is 5.26. The summed E-state index contributed by atoms with van der Waals surface area (Å²) < 4.78 is 26.9. The van der Waals surface area contributed by atoms with E-state index < -0.39 is 10.0 Å². The van der Waals surface area contributed by atoms with E-state index in [-0.39, 0.29) is 22.5 Å². The maximum Gasteiger partial charge on any atom is 0.244 e. The maximum atomic E-state index is 12.8. The largest absolute Gasteiger partial charge is 0.326 e. The van der Waals surface area contributed by atoms with E-state index in [9.17, 15) is 8.42 Å². The third-order valence-electron chi connectivity index (χ3n) is 3.30. The SMILES string of the molecule is CCC(CSC)N(C)S(=O)(=O)c1cc(Cl)cc(CN)c1Cl. The Bertz CT molecular complexity index is 594. The normalized spacial score (nSPS) is 13.7. The summed E-state index contributed by atoms with van der Waals surface area (Å²) in [6.07, 6.45) is 2.67. The number of thioether (sulfide) groups is 1. The Morgan fingerprint density at radius 2 is 2.00 bits per heavy atom. The molecule has 0 aliphatic rings. The molecule has 1 unspecified atom stereocenters. The fraction of sp³-hybridized carbons (Fsp3) is 0.538. The molecule has 0 heterocycles. The van der Waals surface area contributed by atoms with Crippen molar-refractivity contribution in [2.24, 2.45) is 5.73 Å². The molecule has 21 heavy (non-hydrogen) atoms. The number of hydrogen-bond donors (Lipinski definition) is 1. The van der Waals surface area contributed by atoms with Crippen LogP contribution >= 0.6 is 35.0 Å². The molecule has 0 fully saturated rings. The number of nitrogens with zero attached hydrogens (tertiary/aromatic N) is 1. The molecule has 120 valence electrons. The Morgan fingerprint density at radius 3 is 2.48 bits per heavy atom. The topological polar surface area (TPSA) is 63.4 Å². The zero-order valence-electron chi connectivity index (χ0n) is 12.3. The van der Waals surface area contributed by atoms with Gasteiger partial charge in [0, 0.05) is 30.4 Å². The van der Waals surface area contributed by atoms with Crippen LogP contribution in [0.3, 0.4) is 0 Å². The molecule has 0 radical (unpaired) electrons. The molecule has 1 rings (SSSR count). The molecule has 1 atom stereocenters. The van der Waals surface area contributed by atoms with Crippen molar-refractivity contribution in [3.63, 3.8) is 0 Å². The predicted molar refractivity (Wildman–Crippen MR) is 91.8 cm³/mol. The second-order valence-electron chi connectivity index (χ2n) is 4.62. The van der Waals surface area contributed by atoms with Crippen molar-refractivity contribution in [3.05, 3.63) is 27.7 Å². The van der Waals surface area contributed by atoms with E-state index in [1.807, 2.05) is 13.2 Å². The minimum Gasteiger partial charge on any atom is -0.326 e. The van der Waals surface area contributed by atoms with Crippen molar-refractivity contribution < 1.29 is 8.42 Å². The monoisotopic (exact) mass is 370 g/mol. The van der Waals surface area contributed by atoms with Gasteiger partial charge in [-0.1, -0.05) is 30.1 Å². The van der Waals surface area contributed by atoms with Gasteiger partial charge in [-0.15, -0.1) is 0 Å². The van der Waals surface area contributed by atoms with Crippen molar-refractivity contribution in [1.29, 1.82) is 0 Å². The summed E-state index contributed by atoms with van der Waals surface area (Å²) in [5.41, 5.74) is 6.11. The van der Waals surface area contributed by atoms with Gasteiger partial charge in [0.15, 0.2) is 0 Å². The highest BCUT2D eigenvalue weighted by Crippen LogP contribution is 2.32. The zero-order valence-corrected chi connectivity index (χ0v) is 15.4. The van der Waals surface area contributed by atoms with Crippen LogP contribution in [0.2, 0.25) is 10.0 Å². The minimum atomic E-state index is -3.71. The lowest BCUT2D eigenvalue weighted by Crippen LogP contribution is -2.38. The van der Waals surface area contributed by atoms with Gasteiger partial charge >= 0.3 is 0 Å². The quantitative estimate of drug-likeness (QED) is 0.799. The molecule has 0 saturated carbocycles. The fourth-order valence-electron chi connectivity index (χ4n) is 1.98. The Hall–Kier alpha value is 0.0200. The molecular weight excluding hydrogens is 351 g/mol. The maximum absolute atomic E-state index is 12.8. The summed E-state index contributed by atoms with van der Waals surface area (Å²) in [7, 11) is -2.14. The Morgan fingerprint density at radius 1 is 1.38 bits per heavy atom. The van der Waals surface area contributed by atoms with Gasteiger partial charge in [0.25, 0.3) is 0 Å². The second kappa shape index (κ2) is 8.04. The summed E-state index contributed by atoms with van der Waals surface area (Å²) in [4.78, 5) is 0.0131. The predicted octanol–water partition coefficient (Wildman–Crippen LogP) is 3.21. The van der Waals surface area contributed by atoms with Crippen LogP contribution in [0.25, 0.3) is 0 Å². The van der Waals surface area contributed by atoms with E-state index >= 15 is 0 Å². The first-order valence-electron chi connectivity index (χ1n) is 6.44. The van der Waals surface area contributed by atoms with Gasteiger partial charge < -0.3 is 5.73 Å². The van der Waals surface area contributed by atoms with Crippen molar-refractivity contribution in [3.8, 4) is 0 Å². The summed E-state index contributed by atoms with van der Waals surface area (Å²) in [6.45, 7) is 2.09. The number of sulfonamides is 1. The van der Waals surface area contributed by atoms with Crippen LogP contribution in [0.4, 0.5) is 0 Å². The summed E-state index contributed by atoms with van der Waals surface area (Å²) in [6, 6.07) is 2.87. The lowest BCUT2D eigenvalue weighted by Gasteiger charge is -2.26. The molecule has 2 N–H and O–H groups in total. The smallest absolute Gasteiger partial charge is 0.244 e. The zero-order chi connectivity index (χ0) is 16.2. The van der Waals surface area contributed by atoms with Gasteiger partial charge in [-0.05, 0) is 30.4 Å². The van der Waals surface area contributed by atoms with Crippen LogP contribution in [0.1, 0.15) is 18.9 Å². The van der Waals surface area contributed by atoms with Crippen molar-refractivity contribution in [2.45, 2.75) is 30.8 Å². The first-order valence-corrected chi connectivity index (χ1v) is 10.0. The average Bonchev–Trinajstić information content (AvgIpc) is 2.45. The highest BCUT2D eigenvalue weighted by molar-refractivity contribution is 7.98. The molecule has 0 amide bonds. The van der Waals surface area contributed by atoms with E-state index in [1.165, 1.54) is 10.4 Å². The number of halogens is 2. The van der Waals surface area contributed by atoms with E-state index in [1.54, 1.807) is 24.9 Å². The van der Waals surface area contributed by atoms with Crippen molar-refractivity contribution >= 4 is 45.0 Å². The van der Waals surface area contributed by atoms with Crippen LogP contribution in [-0.2, 0) is 16.6 Å². The average molecular weight is 371 g/mol. The molecule has 0 aliphatic carbocycles. The first kappa shape index (κ1) is 19.1. The summed E-state index contributed by atoms with van der Waals surface area (Å²) in [5.74, 6) is 0.716. The second-order valence-corrected chi connectivity index (χ2v) is 8.31. The molecule has 1 aromatic rings. The summed E-state index contributed by atoms with van der Waals surface area (Å²) in [5, 5.41) is 0.456. The Kier molecular flexibility index (Phi) is 7.30. The van der Waals surface area contributed by atoms with Gasteiger partial charge in [0.2, 0.25) is 10.0 Å². The van der Waals surface area contributed by atoms with Gasteiger partial charge in [-0.3, -0.25) is 0 Å². The van der Waals surface area contributed by atoms with Crippen molar-refractivity contribution in [2.75, 3.05) is 19.1 Å². The molecule has 4 nitrogen and oxygen atoms in total. The van der Waals surface area contributed by atoms with Gasteiger partial charge in [-0.25, -0.2) is 8.42 Å². The molecule has 0 aliphatic heterocycles. The van der Waals surface area contributed by atoms with E-state index in [2.05, 4.69) is 0 Å². The van der Waals surface area contributed by atoms with E-state index in [0.717, 1.165) is 6.42 Å². The molecule has 1 aromatic carbocycles. The Balaban J connectivity index is 3.33. The molecule has 8 heteroatoms. The number of benzene rings is 1. The van der Waals surface area contributed by atoms with Gasteiger partial charge in [0.05, 0.1) is 5.02 Å². The highest BCUT2D eigenvalue weighted by Gasteiger charge is 2.29. The van der Waals surface area contributed by atoms with Crippen LogP contribution in [-0.4, -0.2) is 37.8 Å². The molecule has 0 aromatic heterocycles. The van der Waals surface area contributed by atoms with Crippen molar-refractivity contribution in [1.82, 2.24) is 4.31 Å². The molecule has 0 bridgehead atoms. The van der Waals surface area contributed by atoms with Crippen LogP contribution in [0.5, 0.6) is 0 Å². The van der Waals surface area contributed by atoms with E-state index in [4.69, 9.17) is 28.9 Å². The van der Waals surface area contributed by atoms with Crippen LogP contribution in [0.15, 0.2) is 17.0 Å². The van der Waals surface area contributed by atoms with Gasteiger partial charge in [-0.2, -0.15) is 16.1 Å². The summed E-state index contributed by atoms with van der Waals surface area (Å²) >= 11 is 13.8. The van der Waals surface area contributed by atoms with Crippen LogP contribution < -0.4 is 5.73 Å². The molecular formula is C13H20Cl2N2O2S2. The molecule has 0 saturated heterocycles. The van der Waals surface area contributed by atoms with Crippen LogP contribution in [0, 0.1) is 0 Å². The third kappa shape index (κ3) is 4.27. The standard InChI is InChI=1S/C13H20Cl2N2O2S2/c1-4-11(8-20-3)17(2)21(18,19)12-6-10(14)5-9(7-16)13(12)15/h5-6,11H,4,7-8,16H2,1-3H3.